The van der Waals surface area contributed by atoms with E-state index in [4.69, 9.17) is 16.3 Å². The van der Waals surface area contributed by atoms with Crippen LogP contribution in [0.2, 0.25) is 5.02 Å². The van der Waals surface area contributed by atoms with Crippen molar-refractivity contribution >= 4 is 27.5 Å². The van der Waals surface area contributed by atoms with E-state index in [-0.39, 0.29) is 6.61 Å². The van der Waals surface area contributed by atoms with Crippen LogP contribution in [0.25, 0.3) is 0 Å². The Morgan fingerprint density at radius 1 is 1.21 bits per heavy atom. The highest BCUT2D eigenvalue weighted by atomic mass is 79.9. The van der Waals surface area contributed by atoms with Crippen molar-refractivity contribution in [3.8, 4) is 5.75 Å². The minimum Gasteiger partial charge on any atom is -0.489 e. The summed E-state index contributed by atoms with van der Waals surface area (Å²) in [6.07, 6.45) is 0. The molecule has 0 aliphatic rings. The van der Waals surface area contributed by atoms with Gasteiger partial charge in [0.25, 0.3) is 0 Å². The van der Waals surface area contributed by atoms with Gasteiger partial charge < -0.3 is 9.84 Å². The summed E-state index contributed by atoms with van der Waals surface area (Å²) in [6.45, 7) is 1.89. The lowest BCUT2D eigenvalue weighted by atomic mass is 9.97. The van der Waals surface area contributed by atoms with Gasteiger partial charge in [-0.2, -0.15) is 0 Å². The molecule has 0 saturated heterocycles. The van der Waals surface area contributed by atoms with Gasteiger partial charge >= 0.3 is 0 Å². The maximum Gasteiger partial charge on any atom is 0.133 e. The van der Waals surface area contributed by atoms with E-state index in [1.807, 2.05) is 30.3 Å². The Morgan fingerprint density at radius 2 is 1.89 bits per heavy atom. The Hall–Kier alpha value is -1.03. The zero-order chi connectivity index (χ0) is 13.9. The number of hydrogen-bond acceptors (Lipinski definition) is 2. The molecule has 1 N–H and O–H groups in total. The first-order valence-corrected chi connectivity index (χ1v) is 7.02. The number of hydrogen-bond donors (Lipinski definition) is 1. The SMILES string of the molecule is CC(O)(COc1ccc(Cl)cc1Br)c1ccccc1. The van der Waals surface area contributed by atoms with E-state index < -0.39 is 5.60 Å². The molecule has 4 heteroatoms. The molecule has 0 aromatic heterocycles. The largest absolute Gasteiger partial charge is 0.489 e. The van der Waals surface area contributed by atoms with Gasteiger partial charge in [-0.25, -0.2) is 0 Å². The predicted molar refractivity (Wildman–Crippen MR) is 80.7 cm³/mol. The fraction of sp³-hybridized carbons (Fsp3) is 0.200. The number of halogens is 2. The van der Waals surface area contributed by atoms with Gasteiger partial charge in [0, 0.05) is 5.02 Å². The second kappa shape index (κ2) is 5.95. The highest BCUT2D eigenvalue weighted by Crippen LogP contribution is 2.30. The fourth-order valence-electron chi connectivity index (χ4n) is 1.69. The van der Waals surface area contributed by atoms with Crippen LogP contribution in [0, 0.1) is 0 Å². The van der Waals surface area contributed by atoms with Crippen LogP contribution in [-0.4, -0.2) is 11.7 Å². The highest BCUT2D eigenvalue weighted by Gasteiger charge is 2.24. The Bertz CT molecular complexity index is 555. The molecule has 2 aromatic carbocycles. The summed E-state index contributed by atoms with van der Waals surface area (Å²) in [5, 5.41) is 11.1. The van der Waals surface area contributed by atoms with Crippen molar-refractivity contribution in [1.82, 2.24) is 0 Å². The smallest absolute Gasteiger partial charge is 0.133 e. The van der Waals surface area contributed by atoms with Crippen LogP contribution < -0.4 is 4.74 Å². The van der Waals surface area contributed by atoms with Crippen LogP contribution in [-0.2, 0) is 5.60 Å². The van der Waals surface area contributed by atoms with E-state index in [1.165, 1.54) is 0 Å². The third kappa shape index (κ3) is 3.72. The number of benzene rings is 2. The molecule has 19 heavy (non-hydrogen) atoms. The van der Waals surface area contributed by atoms with E-state index in [1.54, 1.807) is 25.1 Å². The normalized spacial score (nSPS) is 13.9. The van der Waals surface area contributed by atoms with Crippen LogP contribution in [0.1, 0.15) is 12.5 Å². The molecular formula is C15H14BrClO2. The topological polar surface area (TPSA) is 29.5 Å². The van der Waals surface area contributed by atoms with Crippen LogP contribution in [0.4, 0.5) is 0 Å². The molecule has 1 unspecified atom stereocenters. The summed E-state index contributed by atoms with van der Waals surface area (Å²) >= 11 is 9.25. The van der Waals surface area contributed by atoms with Gasteiger partial charge in [-0.1, -0.05) is 41.9 Å². The average Bonchev–Trinajstić information content (AvgIpc) is 2.39. The molecular weight excluding hydrogens is 328 g/mol. The van der Waals surface area contributed by atoms with E-state index in [0.29, 0.717) is 10.8 Å². The Kier molecular flexibility index (Phi) is 4.50. The molecule has 0 fully saturated rings. The maximum absolute atomic E-state index is 10.4. The summed E-state index contributed by atoms with van der Waals surface area (Å²) in [4.78, 5) is 0. The second-order valence-corrected chi connectivity index (χ2v) is 5.79. The standard InChI is InChI=1S/C15H14BrClO2/c1-15(18,11-5-3-2-4-6-11)10-19-14-8-7-12(17)9-13(14)16/h2-9,18H,10H2,1H3. The molecule has 0 amide bonds. The molecule has 0 aliphatic heterocycles. The fourth-order valence-corrected chi connectivity index (χ4v) is 2.49. The summed E-state index contributed by atoms with van der Waals surface area (Å²) in [6, 6.07) is 14.7. The van der Waals surface area contributed by atoms with Gasteiger partial charge in [0.15, 0.2) is 0 Å². The first kappa shape index (κ1) is 14.4. The van der Waals surface area contributed by atoms with Crippen LogP contribution in [0.3, 0.4) is 0 Å². The van der Waals surface area contributed by atoms with E-state index in [0.717, 1.165) is 10.0 Å². The third-order valence-electron chi connectivity index (χ3n) is 2.80. The van der Waals surface area contributed by atoms with E-state index >= 15 is 0 Å². The number of aliphatic hydroxyl groups is 1. The number of rotatable bonds is 4. The Balaban J connectivity index is 2.09. The molecule has 0 aliphatic carbocycles. The lowest BCUT2D eigenvalue weighted by molar-refractivity contribution is 0.00736. The lowest BCUT2D eigenvalue weighted by Crippen LogP contribution is -2.29. The molecule has 0 bridgehead atoms. The van der Waals surface area contributed by atoms with Gasteiger partial charge in [0.05, 0.1) is 4.47 Å². The van der Waals surface area contributed by atoms with Crippen LogP contribution >= 0.6 is 27.5 Å². The van der Waals surface area contributed by atoms with Crippen molar-refractivity contribution in [2.45, 2.75) is 12.5 Å². The molecule has 0 heterocycles. The monoisotopic (exact) mass is 340 g/mol. The lowest BCUT2D eigenvalue weighted by Gasteiger charge is -2.24. The van der Waals surface area contributed by atoms with Gasteiger partial charge in [-0.3, -0.25) is 0 Å². The quantitative estimate of drug-likeness (QED) is 0.894. The first-order valence-electron chi connectivity index (χ1n) is 5.85. The zero-order valence-electron chi connectivity index (χ0n) is 10.4. The molecule has 0 radical (unpaired) electrons. The summed E-state index contributed by atoms with van der Waals surface area (Å²) < 4.78 is 6.42. The molecule has 1 atom stereocenters. The zero-order valence-corrected chi connectivity index (χ0v) is 12.8. The molecule has 0 spiro atoms. The first-order chi connectivity index (χ1) is 8.99. The second-order valence-electron chi connectivity index (χ2n) is 4.50. The maximum atomic E-state index is 10.4. The van der Waals surface area contributed by atoms with Crippen molar-refractivity contribution in [2.24, 2.45) is 0 Å². The highest BCUT2D eigenvalue weighted by molar-refractivity contribution is 9.10. The van der Waals surface area contributed by atoms with Gasteiger partial charge in [0.1, 0.15) is 18.0 Å². The van der Waals surface area contributed by atoms with Crippen molar-refractivity contribution in [3.05, 3.63) is 63.6 Å². The van der Waals surface area contributed by atoms with Gasteiger partial charge in [0.2, 0.25) is 0 Å². The number of ether oxygens (including phenoxy) is 1. The van der Waals surface area contributed by atoms with E-state index in [2.05, 4.69) is 15.9 Å². The van der Waals surface area contributed by atoms with Crippen molar-refractivity contribution in [2.75, 3.05) is 6.61 Å². The molecule has 2 nitrogen and oxygen atoms in total. The van der Waals surface area contributed by atoms with Crippen molar-refractivity contribution < 1.29 is 9.84 Å². The minimum atomic E-state index is -1.04. The van der Waals surface area contributed by atoms with Crippen molar-refractivity contribution in [1.29, 1.82) is 0 Å². The van der Waals surface area contributed by atoms with Gasteiger partial charge in [-0.15, -0.1) is 0 Å². The molecule has 100 valence electrons. The van der Waals surface area contributed by atoms with Crippen LogP contribution in [0.5, 0.6) is 5.75 Å². The third-order valence-corrected chi connectivity index (χ3v) is 3.65. The van der Waals surface area contributed by atoms with Gasteiger partial charge in [-0.05, 0) is 46.6 Å². The predicted octanol–water partition coefficient (Wildman–Crippen LogP) is 4.39. The Morgan fingerprint density at radius 3 is 2.53 bits per heavy atom. The van der Waals surface area contributed by atoms with Crippen LogP contribution in [0.15, 0.2) is 53.0 Å². The van der Waals surface area contributed by atoms with E-state index in [9.17, 15) is 5.11 Å². The Labute approximate surface area is 126 Å². The molecule has 2 aromatic rings. The van der Waals surface area contributed by atoms with Crippen molar-refractivity contribution in [3.63, 3.8) is 0 Å². The molecule has 2 rings (SSSR count). The summed E-state index contributed by atoms with van der Waals surface area (Å²) in [7, 11) is 0. The summed E-state index contributed by atoms with van der Waals surface area (Å²) in [5.74, 6) is 0.653. The summed E-state index contributed by atoms with van der Waals surface area (Å²) in [5.41, 5.74) is -0.222. The molecule has 0 saturated carbocycles. The average molecular weight is 342 g/mol. The minimum absolute atomic E-state index is 0.164.